The summed E-state index contributed by atoms with van der Waals surface area (Å²) in [7, 11) is -3.28. The summed E-state index contributed by atoms with van der Waals surface area (Å²) in [6.07, 6.45) is 0. The minimum Gasteiger partial charge on any atom is -0.308 e. The fourth-order valence-electron chi connectivity index (χ4n) is 8.86. The van der Waals surface area contributed by atoms with Gasteiger partial charge >= 0.3 is 0 Å². The first kappa shape index (κ1) is 29.5. The maximum Gasteiger partial charge on any atom is 0.175 e. The fourth-order valence-corrected chi connectivity index (χ4v) is 11.9. The predicted molar refractivity (Wildman–Crippen MR) is 220 cm³/mol. The molecule has 0 radical (unpaired) electrons. The van der Waals surface area contributed by atoms with Gasteiger partial charge in [0.05, 0.1) is 16.7 Å². The van der Waals surface area contributed by atoms with Crippen LogP contribution in [0, 0.1) is 6.92 Å². The smallest absolute Gasteiger partial charge is 0.175 e. The van der Waals surface area contributed by atoms with Gasteiger partial charge in [-0.2, -0.15) is 0 Å². The van der Waals surface area contributed by atoms with Crippen molar-refractivity contribution in [1.82, 2.24) is 9.55 Å². The van der Waals surface area contributed by atoms with E-state index in [1.165, 1.54) is 54.2 Å². The van der Waals surface area contributed by atoms with E-state index in [1.807, 2.05) is 55.5 Å². The fraction of sp³-hybridized carbons (Fsp3) is 0.0208. The number of benzene rings is 9. The Hall–Kier alpha value is -6.28. The Morgan fingerprint density at radius 1 is 0.481 bits per heavy atom. The zero-order chi connectivity index (χ0) is 34.6. The number of rotatable bonds is 3. The maximum atomic E-state index is 16.0. The van der Waals surface area contributed by atoms with Gasteiger partial charge in [0.1, 0.15) is 5.82 Å². The molecule has 0 saturated heterocycles. The molecule has 0 aliphatic carbocycles. The molecule has 2 heterocycles. The summed E-state index contributed by atoms with van der Waals surface area (Å²) in [4.78, 5) is 4.92. The minimum absolute atomic E-state index is 0.833. The first-order chi connectivity index (χ1) is 25.6. The third kappa shape index (κ3) is 3.97. The van der Waals surface area contributed by atoms with Gasteiger partial charge in [-0.15, -0.1) is 0 Å². The molecule has 3 nitrogen and oxygen atoms in total. The van der Waals surface area contributed by atoms with Crippen LogP contribution in [0.5, 0.6) is 0 Å². The van der Waals surface area contributed by atoms with Gasteiger partial charge in [-0.3, -0.25) is 4.57 Å². The molecule has 0 spiro atoms. The maximum absolute atomic E-state index is 16.0. The molecule has 0 fully saturated rings. The van der Waals surface area contributed by atoms with Crippen molar-refractivity contribution in [3.63, 3.8) is 0 Å². The molecule has 1 aliphatic rings. The molecule has 52 heavy (non-hydrogen) atoms. The van der Waals surface area contributed by atoms with Crippen molar-refractivity contribution in [2.75, 3.05) is 0 Å². The van der Waals surface area contributed by atoms with Crippen LogP contribution in [0.4, 0.5) is 0 Å². The molecule has 0 saturated carbocycles. The third-order valence-electron chi connectivity index (χ3n) is 11.1. The molecule has 244 valence electrons. The van der Waals surface area contributed by atoms with E-state index in [0.717, 1.165) is 49.6 Å². The zero-order valence-electron chi connectivity index (χ0n) is 28.4. The Labute approximate surface area is 300 Å². The number of aromatic nitrogens is 2. The number of nitrogens with zero attached hydrogens (tertiary/aromatic N) is 2. The van der Waals surface area contributed by atoms with Crippen LogP contribution < -0.4 is 15.9 Å². The molecule has 1 aromatic heterocycles. The van der Waals surface area contributed by atoms with Crippen LogP contribution in [0.25, 0.3) is 82.1 Å². The molecule has 1 unspecified atom stereocenters. The highest BCUT2D eigenvalue weighted by atomic mass is 31.2. The predicted octanol–water partition coefficient (Wildman–Crippen LogP) is 11.2. The highest BCUT2D eigenvalue weighted by Crippen LogP contribution is 2.51. The highest BCUT2D eigenvalue weighted by molar-refractivity contribution is 7.86. The van der Waals surface area contributed by atoms with Crippen molar-refractivity contribution in [3.05, 3.63) is 176 Å². The van der Waals surface area contributed by atoms with Crippen LogP contribution >= 0.6 is 7.14 Å². The summed E-state index contributed by atoms with van der Waals surface area (Å²) in [6, 6.07) is 60.1. The molecule has 10 aromatic rings. The number of hydrogen-bond donors (Lipinski definition) is 0. The molecule has 9 aromatic carbocycles. The van der Waals surface area contributed by atoms with E-state index < -0.39 is 7.14 Å². The molecule has 0 N–H and O–H groups in total. The van der Waals surface area contributed by atoms with Gasteiger partial charge in [-0.25, -0.2) is 4.98 Å². The van der Waals surface area contributed by atoms with E-state index in [2.05, 4.69) is 126 Å². The summed E-state index contributed by atoms with van der Waals surface area (Å²) >= 11 is 0. The van der Waals surface area contributed by atoms with Crippen LogP contribution in [-0.2, 0) is 4.57 Å². The SMILES string of the molecule is Cc1nc2cccc3c2n1-c1ccc(-c2c4ccccc4c(-c4ccc5c(ccc6ccccc65)c4)c4ccccc24)cc1P3(=O)c1ccccc1. The second-order valence-corrected chi connectivity index (χ2v) is 16.5. The second-order valence-electron chi connectivity index (χ2n) is 13.9. The Morgan fingerprint density at radius 2 is 1.06 bits per heavy atom. The van der Waals surface area contributed by atoms with Gasteiger partial charge in [-0.05, 0) is 103 Å². The van der Waals surface area contributed by atoms with Crippen molar-refractivity contribution in [2.24, 2.45) is 0 Å². The summed E-state index contributed by atoms with van der Waals surface area (Å²) in [5, 5.41) is 12.2. The molecular weight excluding hydrogens is 652 g/mol. The van der Waals surface area contributed by atoms with Crippen LogP contribution in [0.3, 0.4) is 0 Å². The highest BCUT2D eigenvalue weighted by Gasteiger charge is 2.39. The summed E-state index contributed by atoms with van der Waals surface area (Å²) in [5.74, 6) is 0.888. The van der Waals surface area contributed by atoms with Crippen LogP contribution in [0.1, 0.15) is 5.82 Å². The van der Waals surface area contributed by atoms with Gasteiger partial charge in [0, 0.05) is 15.9 Å². The first-order valence-electron chi connectivity index (χ1n) is 17.7. The number of para-hydroxylation sites is 1. The normalized spacial score (nSPS) is 15.2. The molecule has 4 heteroatoms. The van der Waals surface area contributed by atoms with Crippen molar-refractivity contribution in [2.45, 2.75) is 6.92 Å². The molecule has 1 aliphatic heterocycles. The van der Waals surface area contributed by atoms with Crippen LogP contribution in [-0.4, -0.2) is 9.55 Å². The lowest BCUT2D eigenvalue weighted by atomic mass is 9.85. The molecule has 11 rings (SSSR count). The Morgan fingerprint density at radius 3 is 1.77 bits per heavy atom. The number of aryl methyl sites for hydroxylation is 1. The van der Waals surface area contributed by atoms with Crippen LogP contribution in [0.15, 0.2) is 170 Å². The van der Waals surface area contributed by atoms with E-state index in [4.69, 9.17) is 4.98 Å². The Kier molecular flexibility index (Phi) is 6.15. The summed E-state index contributed by atoms with van der Waals surface area (Å²) < 4.78 is 18.2. The van der Waals surface area contributed by atoms with Crippen molar-refractivity contribution >= 4 is 77.2 Å². The monoisotopic (exact) mass is 682 g/mol. The molecule has 1 atom stereocenters. The topological polar surface area (TPSA) is 34.9 Å². The average molecular weight is 683 g/mol. The van der Waals surface area contributed by atoms with Gasteiger partial charge in [0.15, 0.2) is 7.14 Å². The van der Waals surface area contributed by atoms with E-state index in [-0.39, 0.29) is 0 Å². The van der Waals surface area contributed by atoms with E-state index in [9.17, 15) is 0 Å². The van der Waals surface area contributed by atoms with Gasteiger partial charge in [0.25, 0.3) is 0 Å². The molecule has 0 amide bonds. The summed E-state index contributed by atoms with van der Waals surface area (Å²) in [5.41, 5.74) is 7.36. The zero-order valence-corrected chi connectivity index (χ0v) is 29.3. The standard InChI is InChI=1S/C48H31N2OP/c1-30-49-42-20-11-21-44-48(42)50(30)43-27-25-34(29-45(43)52(44,51)35-13-3-2-4-14-35)47-40-18-9-7-16-38(40)46(39-17-8-10-19-41(39)47)33-24-26-37-32(28-33)23-22-31-12-5-6-15-36(31)37/h2-29H,1H3. The minimum atomic E-state index is -3.28. The third-order valence-corrected chi connectivity index (χ3v) is 14.2. The summed E-state index contributed by atoms with van der Waals surface area (Å²) in [6.45, 7) is 2.04. The Balaban J connectivity index is 1.20. The second kappa shape index (κ2) is 10.9. The first-order valence-corrected chi connectivity index (χ1v) is 19.5. The van der Waals surface area contributed by atoms with Crippen molar-refractivity contribution < 1.29 is 4.57 Å². The molecule has 0 bridgehead atoms. The lowest BCUT2D eigenvalue weighted by Gasteiger charge is -2.29. The molecular formula is C48H31N2OP. The van der Waals surface area contributed by atoms with Crippen LogP contribution in [0.2, 0.25) is 0 Å². The van der Waals surface area contributed by atoms with E-state index >= 15 is 4.57 Å². The number of fused-ring (bicyclic) bond motifs is 7. The van der Waals surface area contributed by atoms with Crippen molar-refractivity contribution in [1.29, 1.82) is 0 Å². The largest absolute Gasteiger partial charge is 0.308 e. The van der Waals surface area contributed by atoms with Crippen molar-refractivity contribution in [3.8, 4) is 27.9 Å². The van der Waals surface area contributed by atoms with Gasteiger partial charge < -0.3 is 4.57 Å². The average Bonchev–Trinajstić information content (AvgIpc) is 3.55. The van der Waals surface area contributed by atoms with Gasteiger partial charge in [-0.1, -0.05) is 140 Å². The lowest BCUT2D eigenvalue weighted by molar-refractivity contribution is 0.592. The van der Waals surface area contributed by atoms with Gasteiger partial charge in [0.2, 0.25) is 0 Å². The lowest BCUT2D eigenvalue weighted by Crippen LogP contribution is -2.33. The van der Waals surface area contributed by atoms with E-state index in [0.29, 0.717) is 0 Å². The quantitative estimate of drug-likeness (QED) is 0.106. The number of imidazole rings is 1. The number of hydrogen-bond acceptors (Lipinski definition) is 2. The Bertz CT molecular complexity index is 3120. The van der Waals surface area contributed by atoms with E-state index in [1.54, 1.807) is 0 Å².